The molecule has 0 atom stereocenters. The van der Waals surface area contributed by atoms with Gasteiger partial charge >= 0.3 is 5.97 Å². The summed E-state index contributed by atoms with van der Waals surface area (Å²) in [5, 5.41) is 12.2. The van der Waals surface area contributed by atoms with E-state index in [0.29, 0.717) is 16.4 Å². The molecule has 1 amide bonds. The van der Waals surface area contributed by atoms with Crippen LogP contribution < -0.4 is 5.32 Å². The molecule has 0 radical (unpaired) electrons. The highest BCUT2D eigenvalue weighted by Crippen LogP contribution is 2.28. The van der Waals surface area contributed by atoms with Gasteiger partial charge in [0.25, 0.3) is 5.91 Å². The molecular formula is C16H18N2O3S. The van der Waals surface area contributed by atoms with Gasteiger partial charge in [-0.1, -0.05) is 31.3 Å². The quantitative estimate of drug-likeness (QED) is 0.898. The zero-order chi connectivity index (χ0) is 16.4. The van der Waals surface area contributed by atoms with E-state index in [2.05, 4.69) is 10.3 Å². The van der Waals surface area contributed by atoms with Gasteiger partial charge in [0.15, 0.2) is 5.13 Å². The lowest BCUT2D eigenvalue weighted by molar-refractivity contribution is 0.0700. The van der Waals surface area contributed by atoms with Gasteiger partial charge in [0.2, 0.25) is 0 Å². The number of nitrogens with zero attached hydrogens (tertiary/aromatic N) is 1. The summed E-state index contributed by atoms with van der Waals surface area (Å²) in [6.45, 7) is 7.66. The minimum atomic E-state index is -1.02. The molecule has 2 aromatic rings. The summed E-state index contributed by atoms with van der Waals surface area (Å²) >= 11 is 0.984. The van der Waals surface area contributed by atoms with E-state index in [0.717, 1.165) is 22.5 Å². The maximum Gasteiger partial charge on any atom is 0.347 e. The molecule has 0 aliphatic heterocycles. The normalized spacial score (nSPS) is 10.8. The van der Waals surface area contributed by atoms with Gasteiger partial charge in [-0.2, -0.15) is 0 Å². The Morgan fingerprint density at radius 1 is 1.23 bits per heavy atom. The first-order valence-electron chi connectivity index (χ1n) is 6.92. The second-order valence-electron chi connectivity index (χ2n) is 5.45. The Balaban J connectivity index is 2.26. The first-order chi connectivity index (χ1) is 10.3. The summed E-state index contributed by atoms with van der Waals surface area (Å²) in [4.78, 5) is 27.9. The van der Waals surface area contributed by atoms with E-state index in [1.807, 2.05) is 33.8 Å². The molecule has 2 rings (SSSR count). The van der Waals surface area contributed by atoms with Crippen molar-refractivity contribution in [1.82, 2.24) is 4.98 Å². The number of carboxylic acid groups (broad SMARTS) is 1. The number of aryl methyl sites for hydroxylation is 2. The molecule has 0 aliphatic rings. The van der Waals surface area contributed by atoms with Crippen LogP contribution in [0, 0.1) is 13.8 Å². The molecule has 5 nitrogen and oxygen atoms in total. The van der Waals surface area contributed by atoms with Crippen molar-refractivity contribution in [3.05, 3.63) is 45.5 Å². The van der Waals surface area contributed by atoms with E-state index in [4.69, 9.17) is 0 Å². The topological polar surface area (TPSA) is 79.3 Å². The molecule has 0 unspecified atom stereocenters. The average molecular weight is 318 g/mol. The van der Waals surface area contributed by atoms with Crippen LogP contribution in [0.5, 0.6) is 0 Å². The monoisotopic (exact) mass is 318 g/mol. The zero-order valence-corrected chi connectivity index (χ0v) is 13.7. The predicted octanol–water partition coefficient (Wildman–Crippen LogP) is 3.83. The third-order valence-corrected chi connectivity index (χ3v) is 4.36. The highest BCUT2D eigenvalue weighted by Gasteiger charge is 2.20. The third-order valence-electron chi connectivity index (χ3n) is 3.38. The number of amides is 1. The van der Waals surface area contributed by atoms with Crippen LogP contribution >= 0.6 is 11.3 Å². The van der Waals surface area contributed by atoms with Crippen LogP contribution in [0.3, 0.4) is 0 Å². The summed E-state index contributed by atoms with van der Waals surface area (Å²) < 4.78 is 0. The van der Waals surface area contributed by atoms with Gasteiger partial charge in [-0.25, -0.2) is 9.78 Å². The minimum Gasteiger partial charge on any atom is -0.477 e. The van der Waals surface area contributed by atoms with Gasteiger partial charge in [-0.05, 0) is 43.0 Å². The maximum absolute atomic E-state index is 12.2. The second-order valence-corrected chi connectivity index (χ2v) is 6.45. The number of aromatic carboxylic acids is 1. The van der Waals surface area contributed by atoms with E-state index in [1.54, 1.807) is 12.1 Å². The Labute approximate surface area is 133 Å². The number of carbonyl (C=O) groups excluding carboxylic acids is 1. The largest absolute Gasteiger partial charge is 0.477 e. The SMILES string of the molecule is Cc1ccc(C(=O)Nc2nc(C(C)C)c(C(=O)O)s2)cc1C. The Morgan fingerprint density at radius 3 is 2.41 bits per heavy atom. The maximum atomic E-state index is 12.2. The van der Waals surface area contributed by atoms with Crippen LogP contribution in [0.15, 0.2) is 18.2 Å². The van der Waals surface area contributed by atoms with Crippen molar-refractivity contribution in [3.63, 3.8) is 0 Å². The molecule has 1 heterocycles. The Kier molecular flexibility index (Phi) is 4.61. The fourth-order valence-corrected chi connectivity index (χ4v) is 2.94. The second kappa shape index (κ2) is 6.27. The van der Waals surface area contributed by atoms with Crippen molar-refractivity contribution in [3.8, 4) is 0 Å². The van der Waals surface area contributed by atoms with Crippen molar-refractivity contribution in [2.24, 2.45) is 0 Å². The first-order valence-corrected chi connectivity index (χ1v) is 7.74. The van der Waals surface area contributed by atoms with Crippen molar-refractivity contribution >= 4 is 28.3 Å². The highest BCUT2D eigenvalue weighted by atomic mass is 32.1. The fourth-order valence-electron chi connectivity index (χ4n) is 1.98. The third kappa shape index (κ3) is 3.33. The van der Waals surface area contributed by atoms with Crippen LogP contribution in [-0.2, 0) is 0 Å². The van der Waals surface area contributed by atoms with E-state index in [-0.39, 0.29) is 16.7 Å². The van der Waals surface area contributed by atoms with Crippen LogP contribution in [0.2, 0.25) is 0 Å². The van der Waals surface area contributed by atoms with Gasteiger partial charge < -0.3 is 5.11 Å². The Morgan fingerprint density at radius 2 is 1.91 bits per heavy atom. The molecule has 0 spiro atoms. The average Bonchev–Trinajstić information content (AvgIpc) is 2.86. The smallest absolute Gasteiger partial charge is 0.347 e. The summed E-state index contributed by atoms with van der Waals surface area (Å²) in [5.41, 5.74) is 3.16. The predicted molar refractivity (Wildman–Crippen MR) is 87.0 cm³/mol. The number of benzene rings is 1. The number of carboxylic acids is 1. The lowest BCUT2D eigenvalue weighted by Crippen LogP contribution is -2.12. The van der Waals surface area contributed by atoms with Gasteiger partial charge in [-0.15, -0.1) is 0 Å². The minimum absolute atomic E-state index is 0.0189. The number of nitrogens with one attached hydrogen (secondary N) is 1. The zero-order valence-electron chi connectivity index (χ0n) is 12.9. The summed E-state index contributed by atoms with van der Waals surface area (Å²) in [5.74, 6) is -1.33. The molecule has 0 aliphatic carbocycles. The molecule has 1 aromatic carbocycles. The number of rotatable bonds is 4. The van der Waals surface area contributed by atoms with Crippen LogP contribution in [0.25, 0.3) is 0 Å². The number of thiazole rings is 1. The first kappa shape index (κ1) is 16.2. The van der Waals surface area contributed by atoms with Crippen molar-refractivity contribution < 1.29 is 14.7 Å². The molecule has 22 heavy (non-hydrogen) atoms. The van der Waals surface area contributed by atoms with Crippen LogP contribution in [0.1, 0.15) is 56.6 Å². The highest BCUT2D eigenvalue weighted by molar-refractivity contribution is 7.17. The summed E-state index contributed by atoms with van der Waals surface area (Å²) in [6, 6.07) is 5.43. The Bertz CT molecular complexity index is 735. The molecule has 6 heteroatoms. The fraction of sp³-hybridized carbons (Fsp3) is 0.312. The molecule has 2 N–H and O–H groups in total. The number of hydrogen-bond acceptors (Lipinski definition) is 4. The number of hydrogen-bond donors (Lipinski definition) is 2. The van der Waals surface area contributed by atoms with Gasteiger partial charge in [0.1, 0.15) is 4.88 Å². The van der Waals surface area contributed by atoms with E-state index in [1.165, 1.54) is 0 Å². The van der Waals surface area contributed by atoms with Crippen molar-refractivity contribution in [2.45, 2.75) is 33.6 Å². The van der Waals surface area contributed by atoms with Crippen LogP contribution in [-0.4, -0.2) is 22.0 Å². The van der Waals surface area contributed by atoms with Crippen molar-refractivity contribution in [2.75, 3.05) is 5.32 Å². The lowest BCUT2D eigenvalue weighted by Gasteiger charge is -2.05. The van der Waals surface area contributed by atoms with E-state index >= 15 is 0 Å². The molecule has 1 aromatic heterocycles. The van der Waals surface area contributed by atoms with Crippen molar-refractivity contribution in [1.29, 1.82) is 0 Å². The summed E-state index contributed by atoms with van der Waals surface area (Å²) in [6.07, 6.45) is 0. The van der Waals surface area contributed by atoms with Gasteiger partial charge in [0.05, 0.1) is 5.69 Å². The lowest BCUT2D eigenvalue weighted by atomic mass is 10.1. The molecule has 0 bridgehead atoms. The Hall–Kier alpha value is -2.21. The van der Waals surface area contributed by atoms with Gasteiger partial charge in [-0.3, -0.25) is 10.1 Å². The molecule has 116 valence electrons. The van der Waals surface area contributed by atoms with Gasteiger partial charge in [0, 0.05) is 5.56 Å². The number of aromatic nitrogens is 1. The molecule has 0 saturated heterocycles. The number of carbonyl (C=O) groups is 2. The van der Waals surface area contributed by atoms with E-state index < -0.39 is 5.97 Å². The number of anilines is 1. The van der Waals surface area contributed by atoms with E-state index in [9.17, 15) is 14.7 Å². The summed E-state index contributed by atoms with van der Waals surface area (Å²) in [7, 11) is 0. The van der Waals surface area contributed by atoms with Crippen LogP contribution in [0.4, 0.5) is 5.13 Å². The molecule has 0 fully saturated rings. The molecule has 0 saturated carbocycles. The molecular weight excluding hydrogens is 300 g/mol. The standard InChI is InChI=1S/C16H18N2O3S/c1-8(2)12-13(15(20)21)22-16(17-12)18-14(19)11-6-5-9(3)10(4)7-11/h5-8H,1-4H3,(H,20,21)(H,17,18,19).